The Labute approximate surface area is 67.6 Å². The molecule has 0 saturated carbocycles. The standard InChI is InChI=1S/C8H17FN2/c1-11-4-2-7(3-5-11)8(9)6-10/h7-8H,2-6,10H2,1H3. The van der Waals surface area contributed by atoms with Gasteiger partial charge in [0, 0.05) is 6.54 Å². The quantitative estimate of drug-likeness (QED) is 0.642. The summed E-state index contributed by atoms with van der Waals surface area (Å²) in [6, 6.07) is 0. The summed E-state index contributed by atoms with van der Waals surface area (Å²) in [7, 11) is 2.08. The predicted octanol–water partition coefficient (Wildman–Crippen LogP) is 0.625. The molecule has 1 atom stereocenters. The number of nitrogens with zero attached hydrogens (tertiary/aromatic N) is 1. The second-order valence-corrected chi connectivity index (χ2v) is 3.39. The van der Waals surface area contributed by atoms with Gasteiger partial charge >= 0.3 is 0 Å². The summed E-state index contributed by atoms with van der Waals surface area (Å²) in [5.74, 6) is 0.219. The van der Waals surface area contributed by atoms with E-state index in [1.165, 1.54) is 0 Å². The molecule has 1 saturated heterocycles. The first kappa shape index (κ1) is 8.94. The number of likely N-dealkylation sites (tertiary alicyclic amines) is 1. The fraction of sp³-hybridized carbons (Fsp3) is 1.00. The molecule has 0 radical (unpaired) electrons. The van der Waals surface area contributed by atoms with Crippen molar-refractivity contribution in [3.05, 3.63) is 0 Å². The van der Waals surface area contributed by atoms with E-state index < -0.39 is 6.17 Å². The lowest BCUT2D eigenvalue weighted by Crippen LogP contribution is -2.36. The highest BCUT2D eigenvalue weighted by Gasteiger charge is 2.23. The van der Waals surface area contributed by atoms with Crippen molar-refractivity contribution in [2.45, 2.75) is 19.0 Å². The third-order valence-corrected chi connectivity index (χ3v) is 2.50. The van der Waals surface area contributed by atoms with Crippen LogP contribution in [-0.4, -0.2) is 37.8 Å². The molecule has 2 nitrogen and oxygen atoms in total. The molecular weight excluding hydrogens is 143 g/mol. The summed E-state index contributed by atoms with van der Waals surface area (Å²) < 4.78 is 13.0. The van der Waals surface area contributed by atoms with E-state index in [9.17, 15) is 4.39 Å². The molecular formula is C8H17FN2. The summed E-state index contributed by atoms with van der Waals surface area (Å²) >= 11 is 0. The highest BCUT2D eigenvalue weighted by molar-refractivity contribution is 4.76. The maximum absolute atomic E-state index is 13.0. The minimum atomic E-state index is -0.774. The van der Waals surface area contributed by atoms with Gasteiger partial charge in [0.2, 0.25) is 0 Å². The molecule has 1 unspecified atom stereocenters. The first-order chi connectivity index (χ1) is 5.24. The van der Waals surface area contributed by atoms with E-state index in [0.29, 0.717) is 0 Å². The second-order valence-electron chi connectivity index (χ2n) is 3.39. The zero-order valence-corrected chi connectivity index (χ0v) is 7.09. The molecule has 0 amide bonds. The molecule has 0 aromatic rings. The Bertz CT molecular complexity index is 111. The van der Waals surface area contributed by atoms with Crippen LogP contribution in [0.4, 0.5) is 4.39 Å². The maximum atomic E-state index is 13.0. The van der Waals surface area contributed by atoms with Crippen molar-refractivity contribution in [2.75, 3.05) is 26.7 Å². The van der Waals surface area contributed by atoms with Crippen LogP contribution in [0.3, 0.4) is 0 Å². The molecule has 1 rings (SSSR count). The van der Waals surface area contributed by atoms with Gasteiger partial charge in [-0.25, -0.2) is 4.39 Å². The first-order valence-corrected chi connectivity index (χ1v) is 4.26. The third-order valence-electron chi connectivity index (χ3n) is 2.50. The number of hydrogen-bond donors (Lipinski definition) is 1. The predicted molar refractivity (Wildman–Crippen MR) is 44.2 cm³/mol. The molecule has 0 bridgehead atoms. The Morgan fingerprint density at radius 1 is 1.55 bits per heavy atom. The van der Waals surface area contributed by atoms with Gasteiger partial charge in [-0.05, 0) is 38.9 Å². The van der Waals surface area contributed by atoms with Gasteiger partial charge in [0.1, 0.15) is 6.17 Å². The molecule has 0 aromatic carbocycles. The average Bonchev–Trinajstić information content (AvgIpc) is 2.05. The summed E-state index contributed by atoms with van der Waals surface area (Å²) in [6.45, 7) is 2.23. The number of halogens is 1. The molecule has 11 heavy (non-hydrogen) atoms. The topological polar surface area (TPSA) is 29.3 Å². The van der Waals surface area contributed by atoms with Gasteiger partial charge < -0.3 is 10.6 Å². The fourth-order valence-electron chi connectivity index (χ4n) is 1.58. The maximum Gasteiger partial charge on any atom is 0.115 e. The van der Waals surface area contributed by atoms with Crippen LogP contribution in [0.15, 0.2) is 0 Å². The zero-order chi connectivity index (χ0) is 8.27. The number of hydrogen-bond acceptors (Lipinski definition) is 2. The average molecular weight is 160 g/mol. The van der Waals surface area contributed by atoms with Crippen molar-refractivity contribution < 1.29 is 4.39 Å². The van der Waals surface area contributed by atoms with E-state index in [1.807, 2.05) is 0 Å². The van der Waals surface area contributed by atoms with Gasteiger partial charge in [0.25, 0.3) is 0 Å². The molecule has 1 heterocycles. The molecule has 66 valence electrons. The van der Waals surface area contributed by atoms with Gasteiger partial charge in [0.15, 0.2) is 0 Å². The number of piperidine rings is 1. The molecule has 1 fully saturated rings. The van der Waals surface area contributed by atoms with Crippen LogP contribution < -0.4 is 5.73 Å². The van der Waals surface area contributed by atoms with Crippen LogP contribution in [0, 0.1) is 5.92 Å². The van der Waals surface area contributed by atoms with Gasteiger partial charge in [0.05, 0.1) is 0 Å². The van der Waals surface area contributed by atoms with Crippen LogP contribution in [-0.2, 0) is 0 Å². The SMILES string of the molecule is CN1CCC(C(F)CN)CC1. The Kier molecular flexibility index (Phi) is 3.27. The highest BCUT2D eigenvalue weighted by Crippen LogP contribution is 2.20. The second kappa shape index (κ2) is 4.02. The summed E-state index contributed by atoms with van der Waals surface area (Å²) in [5, 5.41) is 0. The van der Waals surface area contributed by atoms with E-state index in [0.717, 1.165) is 25.9 Å². The molecule has 1 aliphatic heterocycles. The molecule has 2 N–H and O–H groups in total. The Morgan fingerprint density at radius 3 is 2.55 bits per heavy atom. The summed E-state index contributed by atoms with van der Waals surface area (Å²) in [5.41, 5.74) is 5.25. The minimum Gasteiger partial charge on any atom is -0.328 e. The lowest BCUT2D eigenvalue weighted by molar-refractivity contribution is 0.140. The lowest BCUT2D eigenvalue weighted by Gasteiger charge is -2.30. The van der Waals surface area contributed by atoms with Gasteiger partial charge in [-0.1, -0.05) is 0 Å². The Morgan fingerprint density at radius 2 is 2.09 bits per heavy atom. The third kappa shape index (κ3) is 2.42. The van der Waals surface area contributed by atoms with E-state index in [4.69, 9.17) is 5.73 Å². The largest absolute Gasteiger partial charge is 0.328 e. The number of nitrogens with two attached hydrogens (primary N) is 1. The van der Waals surface area contributed by atoms with E-state index in [-0.39, 0.29) is 12.5 Å². The monoisotopic (exact) mass is 160 g/mol. The summed E-state index contributed by atoms with van der Waals surface area (Å²) in [6.07, 6.45) is 1.16. The fourth-order valence-corrected chi connectivity index (χ4v) is 1.58. The van der Waals surface area contributed by atoms with E-state index >= 15 is 0 Å². The lowest BCUT2D eigenvalue weighted by atomic mass is 9.92. The number of rotatable bonds is 2. The molecule has 0 aliphatic carbocycles. The van der Waals surface area contributed by atoms with Crippen LogP contribution in [0.5, 0.6) is 0 Å². The number of alkyl halides is 1. The normalized spacial score (nSPS) is 25.4. The Balaban J connectivity index is 2.27. The van der Waals surface area contributed by atoms with Crippen molar-refractivity contribution in [3.8, 4) is 0 Å². The minimum absolute atomic E-state index is 0.189. The van der Waals surface area contributed by atoms with Gasteiger partial charge in [-0.3, -0.25) is 0 Å². The van der Waals surface area contributed by atoms with E-state index in [1.54, 1.807) is 0 Å². The van der Waals surface area contributed by atoms with Crippen molar-refractivity contribution >= 4 is 0 Å². The highest BCUT2D eigenvalue weighted by atomic mass is 19.1. The van der Waals surface area contributed by atoms with E-state index in [2.05, 4.69) is 11.9 Å². The van der Waals surface area contributed by atoms with Crippen LogP contribution in [0.1, 0.15) is 12.8 Å². The Hall–Kier alpha value is -0.150. The summed E-state index contributed by atoms with van der Waals surface area (Å²) in [4.78, 5) is 2.24. The molecule has 3 heteroatoms. The van der Waals surface area contributed by atoms with Crippen molar-refractivity contribution in [1.29, 1.82) is 0 Å². The zero-order valence-electron chi connectivity index (χ0n) is 7.09. The smallest absolute Gasteiger partial charge is 0.115 e. The van der Waals surface area contributed by atoms with Crippen molar-refractivity contribution in [2.24, 2.45) is 11.7 Å². The van der Waals surface area contributed by atoms with Crippen molar-refractivity contribution in [3.63, 3.8) is 0 Å². The molecule has 0 spiro atoms. The van der Waals surface area contributed by atoms with Gasteiger partial charge in [-0.15, -0.1) is 0 Å². The molecule has 1 aliphatic rings. The van der Waals surface area contributed by atoms with Crippen LogP contribution in [0.2, 0.25) is 0 Å². The van der Waals surface area contributed by atoms with Crippen molar-refractivity contribution in [1.82, 2.24) is 4.90 Å². The molecule has 0 aromatic heterocycles. The first-order valence-electron chi connectivity index (χ1n) is 4.26. The van der Waals surface area contributed by atoms with Gasteiger partial charge in [-0.2, -0.15) is 0 Å². The van der Waals surface area contributed by atoms with Crippen LogP contribution >= 0.6 is 0 Å². The van der Waals surface area contributed by atoms with Crippen LogP contribution in [0.25, 0.3) is 0 Å².